The van der Waals surface area contributed by atoms with E-state index in [0.717, 1.165) is 6.42 Å². The van der Waals surface area contributed by atoms with Crippen molar-refractivity contribution in [1.29, 1.82) is 0 Å². The lowest BCUT2D eigenvalue weighted by Gasteiger charge is -2.36. The summed E-state index contributed by atoms with van der Waals surface area (Å²) in [6, 6.07) is 0.185. The molecule has 1 aliphatic heterocycles. The van der Waals surface area contributed by atoms with Crippen LogP contribution in [0.4, 0.5) is 0 Å². The monoisotopic (exact) mass is 144 g/mol. The fourth-order valence-corrected chi connectivity index (χ4v) is 1.25. The third-order valence-electron chi connectivity index (χ3n) is 2.19. The van der Waals surface area contributed by atoms with Gasteiger partial charge in [0.05, 0.1) is 6.17 Å². The summed E-state index contributed by atoms with van der Waals surface area (Å²) in [5.74, 6) is 6.05. The molecule has 6 N–H and O–H groups in total. The van der Waals surface area contributed by atoms with Gasteiger partial charge in [-0.05, 0) is 12.3 Å². The summed E-state index contributed by atoms with van der Waals surface area (Å²) in [6.07, 6.45) is 0.896. The summed E-state index contributed by atoms with van der Waals surface area (Å²) < 4.78 is 0. The van der Waals surface area contributed by atoms with E-state index in [1.807, 2.05) is 0 Å². The summed E-state index contributed by atoms with van der Waals surface area (Å²) in [5.41, 5.74) is 11.4. The Morgan fingerprint density at radius 2 is 2.00 bits per heavy atom. The molecule has 0 aromatic heterocycles. The van der Waals surface area contributed by atoms with Gasteiger partial charge in [0.1, 0.15) is 0 Å². The Morgan fingerprint density at radius 3 is 2.50 bits per heavy atom. The van der Waals surface area contributed by atoms with Gasteiger partial charge < -0.3 is 11.5 Å². The molecule has 0 aromatic carbocycles. The molecule has 0 spiro atoms. The minimum absolute atomic E-state index is 0.00481. The van der Waals surface area contributed by atoms with Crippen molar-refractivity contribution in [2.24, 2.45) is 23.2 Å². The topological polar surface area (TPSA) is 81.3 Å². The molecule has 1 saturated heterocycles. The lowest BCUT2D eigenvalue weighted by Crippen LogP contribution is -2.58. The van der Waals surface area contributed by atoms with Gasteiger partial charge >= 0.3 is 0 Å². The van der Waals surface area contributed by atoms with Gasteiger partial charge in [0.15, 0.2) is 0 Å². The molecular weight excluding hydrogens is 128 g/mol. The van der Waals surface area contributed by atoms with Crippen molar-refractivity contribution < 1.29 is 0 Å². The lowest BCUT2D eigenvalue weighted by atomic mass is 9.93. The zero-order valence-corrected chi connectivity index (χ0v) is 6.33. The summed E-state index contributed by atoms with van der Waals surface area (Å²) in [6.45, 7) is 2.82. The number of hydrogen-bond donors (Lipinski definition) is 3. The first kappa shape index (κ1) is 7.94. The van der Waals surface area contributed by atoms with Gasteiger partial charge in [0, 0.05) is 12.6 Å². The van der Waals surface area contributed by atoms with Crippen LogP contribution in [0.2, 0.25) is 0 Å². The highest BCUT2D eigenvalue weighted by Gasteiger charge is 2.26. The van der Waals surface area contributed by atoms with Crippen LogP contribution < -0.4 is 17.3 Å². The highest BCUT2D eigenvalue weighted by atomic mass is 15.5. The van der Waals surface area contributed by atoms with Gasteiger partial charge in [0.25, 0.3) is 0 Å². The lowest BCUT2D eigenvalue weighted by molar-refractivity contribution is 0.105. The maximum atomic E-state index is 5.75. The van der Waals surface area contributed by atoms with Crippen LogP contribution in [0.25, 0.3) is 0 Å². The zero-order chi connectivity index (χ0) is 7.72. The Labute approximate surface area is 61.3 Å². The maximum absolute atomic E-state index is 5.75. The van der Waals surface area contributed by atoms with Crippen molar-refractivity contribution in [3.63, 3.8) is 0 Å². The van der Waals surface area contributed by atoms with Gasteiger partial charge in [-0.2, -0.15) is 0 Å². The molecule has 0 aromatic rings. The fourth-order valence-electron chi connectivity index (χ4n) is 1.25. The average molecular weight is 144 g/mol. The molecule has 3 unspecified atom stereocenters. The van der Waals surface area contributed by atoms with E-state index < -0.39 is 0 Å². The van der Waals surface area contributed by atoms with E-state index in [1.54, 1.807) is 5.01 Å². The molecule has 1 aliphatic rings. The zero-order valence-electron chi connectivity index (χ0n) is 6.33. The molecule has 4 nitrogen and oxygen atoms in total. The minimum Gasteiger partial charge on any atom is -0.326 e. The number of hydrogen-bond acceptors (Lipinski definition) is 4. The van der Waals surface area contributed by atoms with Crippen LogP contribution >= 0.6 is 0 Å². The van der Waals surface area contributed by atoms with Gasteiger partial charge in [-0.25, -0.2) is 5.01 Å². The Morgan fingerprint density at radius 1 is 1.40 bits per heavy atom. The van der Waals surface area contributed by atoms with Crippen LogP contribution in [0.5, 0.6) is 0 Å². The predicted octanol–water partition coefficient (Wildman–Crippen LogP) is -1.19. The standard InChI is InChI=1S/C6H16N4/c1-4-2-6(8)10(9)3-5(4)7/h4-6H,2-3,7-9H2,1H3. The second-order valence-corrected chi connectivity index (χ2v) is 3.14. The number of rotatable bonds is 0. The van der Waals surface area contributed by atoms with Gasteiger partial charge in [0.2, 0.25) is 0 Å². The molecule has 10 heavy (non-hydrogen) atoms. The van der Waals surface area contributed by atoms with Crippen LogP contribution in [-0.4, -0.2) is 23.8 Å². The second kappa shape index (κ2) is 2.84. The van der Waals surface area contributed by atoms with Crippen molar-refractivity contribution >= 4 is 0 Å². The van der Waals surface area contributed by atoms with Crippen LogP contribution in [0.3, 0.4) is 0 Å². The molecule has 3 atom stereocenters. The Balaban J connectivity index is 2.46. The largest absolute Gasteiger partial charge is 0.326 e. The normalized spacial score (nSPS) is 43.8. The van der Waals surface area contributed by atoms with Crippen molar-refractivity contribution in [3.05, 3.63) is 0 Å². The molecule has 60 valence electrons. The van der Waals surface area contributed by atoms with Crippen molar-refractivity contribution in [3.8, 4) is 0 Å². The quantitative estimate of drug-likeness (QED) is 0.374. The number of hydrazine groups is 1. The third kappa shape index (κ3) is 1.46. The Kier molecular flexibility index (Phi) is 2.25. The number of nitrogens with two attached hydrogens (primary N) is 3. The summed E-state index contributed by atoms with van der Waals surface area (Å²) >= 11 is 0. The molecule has 0 saturated carbocycles. The third-order valence-corrected chi connectivity index (χ3v) is 2.19. The molecular formula is C6H16N4. The smallest absolute Gasteiger partial charge is 0.0709 e. The second-order valence-electron chi connectivity index (χ2n) is 3.14. The van der Waals surface area contributed by atoms with Crippen LogP contribution in [0.1, 0.15) is 13.3 Å². The highest BCUT2D eigenvalue weighted by Crippen LogP contribution is 2.15. The summed E-state index contributed by atoms with van der Waals surface area (Å²) in [4.78, 5) is 0. The van der Waals surface area contributed by atoms with E-state index >= 15 is 0 Å². The first-order valence-electron chi connectivity index (χ1n) is 3.63. The molecule has 0 radical (unpaired) electrons. The number of nitrogens with zero attached hydrogens (tertiary/aromatic N) is 1. The SMILES string of the molecule is CC1CC(N)N(N)CC1N. The molecule has 1 fully saturated rings. The van der Waals surface area contributed by atoms with E-state index in [-0.39, 0.29) is 12.2 Å². The average Bonchev–Trinajstić information content (AvgIpc) is 1.84. The first-order valence-corrected chi connectivity index (χ1v) is 3.63. The van der Waals surface area contributed by atoms with E-state index in [4.69, 9.17) is 17.3 Å². The van der Waals surface area contributed by atoms with E-state index in [2.05, 4.69) is 6.92 Å². The molecule has 0 bridgehead atoms. The number of piperidine rings is 1. The molecule has 1 rings (SSSR count). The van der Waals surface area contributed by atoms with E-state index in [1.165, 1.54) is 0 Å². The van der Waals surface area contributed by atoms with E-state index in [0.29, 0.717) is 12.5 Å². The fraction of sp³-hybridized carbons (Fsp3) is 1.00. The van der Waals surface area contributed by atoms with Crippen molar-refractivity contribution in [2.75, 3.05) is 6.54 Å². The Bertz CT molecular complexity index is 90.3. The minimum atomic E-state index is -0.00481. The molecule has 1 heterocycles. The van der Waals surface area contributed by atoms with Crippen LogP contribution in [0.15, 0.2) is 0 Å². The highest BCUT2D eigenvalue weighted by molar-refractivity contribution is 4.81. The van der Waals surface area contributed by atoms with E-state index in [9.17, 15) is 0 Å². The maximum Gasteiger partial charge on any atom is 0.0709 e. The van der Waals surface area contributed by atoms with Crippen LogP contribution in [0, 0.1) is 5.92 Å². The van der Waals surface area contributed by atoms with Gasteiger partial charge in [-0.1, -0.05) is 6.92 Å². The van der Waals surface area contributed by atoms with Gasteiger partial charge in [-0.15, -0.1) is 0 Å². The van der Waals surface area contributed by atoms with Crippen molar-refractivity contribution in [2.45, 2.75) is 25.6 Å². The molecule has 0 amide bonds. The van der Waals surface area contributed by atoms with Crippen LogP contribution in [-0.2, 0) is 0 Å². The first-order chi connectivity index (χ1) is 4.61. The van der Waals surface area contributed by atoms with Crippen molar-refractivity contribution in [1.82, 2.24) is 5.01 Å². The Hall–Kier alpha value is -0.160. The summed E-state index contributed by atoms with van der Waals surface area (Å²) in [5, 5.41) is 1.62. The molecule has 4 heteroatoms. The van der Waals surface area contributed by atoms with Gasteiger partial charge in [-0.3, -0.25) is 5.84 Å². The summed E-state index contributed by atoms with van der Waals surface area (Å²) in [7, 11) is 0. The predicted molar refractivity (Wildman–Crippen MR) is 40.6 cm³/mol. The molecule has 0 aliphatic carbocycles.